The summed E-state index contributed by atoms with van der Waals surface area (Å²) in [5.74, 6) is -0.317. The average molecular weight is 399 g/mol. The summed E-state index contributed by atoms with van der Waals surface area (Å²) in [5, 5.41) is 3.52. The van der Waals surface area contributed by atoms with Gasteiger partial charge in [0.15, 0.2) is 5.78 Å². The summed E-state index contributed by atoms with van der Waals surface area (Å²) in [5.41, 5.74) is 4.38. The maximum absolute atomic E-state index is 13.0. The summed E-state index contributed by atoms with van der Waals surface area (Å²) < 4.78 is 1.79. The molecule has 0 atom stereocenters. The fourth-order valence-corrected chi connectivity index (χ4v) is 3.45. The number of aromatic nitrogens is 4. The molecule has 30 heavy (non-hydrogen) atoms. The van der Waals surface area contributed by atoms with Crippen LogP contribution >= 0.6 is 0 Å². The van der Waals surface area contributed by atoms with Crippen molar-refractivity contribution in [3.8, 4) is 0 Å². The van der Waals surface area contributed by atoms with Gasteiger partial charge in [0.05, 0.1) is 17.4 Å². The number of amides is 1. The predicted molar refractivity (Wildman–Crippen MR) is 114 cm³/mol. The standard InChI is InChI=1S/C23H21N5O2/c1-15-5-3-4-6-16(15)7-8-21(29)27-18-9-17(10-24-11-18)22(30)20-13-28(2)23-19(20)12-25-14-26-23/h3-6,9-14H,7-8H2,1-2H3,(H,27,29). The van der Waals surface area contributed by atoms with E-state index in [0.29, 0.717) is 40.7 Å². The molecule has 0 saturated carbocycles. The van der Waals surface area contributed by atoms with Gasteiger partial charge in [0.25, 0.3) is 0 Å². The summed E-state index contributed by atoms with van der Waals surface area (Å²) in [6.07, 6.45) is 8.84. The number of carbonyl (C=O) groups is 2. The lowest BCUT2D eigenvalue weighted by Crippen LogP contribution is -2.13. The molecule has 0 aliphatic heterocycles. The van der Waals surface area contributed by atoms with Crippen LogP contribution in [0, 0.1) is 6.92 Å². The SMILES string of the molecule is Cc1ccccc1CCC(=O)Nc1cncc(C(=O)c2cn(C)c3ncncc23)c1. The Hall–Kier alpha value is -3.87. The first-order chi connectivity index (χ1) is 14.5. The number of anilines is 1. The van der Waals surface area contributed by atoms with E-state index in [1.165, 1.54) is 24.3 Å². The number of aryl methyl sites for hydroxylation is 3. The van der Waals surface area contributed by atoms with E-state index in [9.17, 15) is 9.59 Å². The van der Waals surface area contributed by atoms with Crippen LogP contribution < -0.4 is 5.32 Å². The molecule has 0 radical (unpaired) electrons. The molecule has 1 N–H and O–H groups in total. The van der Waals surface area contributed by atoms with E-state index in [1.807, 2.05) is 38.2 Å². The first kappa shape index (κ1) is 19.4. The fourth-order valence-electron chi connectivity index (χ4n) is 3.45. The van der Waals surface area contributed by atoms with Crippen molar-refractivity contribution in [3.63, 3.8) is 0 Å². The van der Waals surface area contributed by atoms with E-state index in [2.05, 4.69) is 20.3 Å². The number of hydrogen-bond donors (Lipinski definition) is 1. The number of hydrogen-bond acceptors (Lipinski definition) is 5. The number of fused-ring (bicyclic) bond motifs is 1. The van der Waals surface area contributed by atoms with E-state index in [4.69, 9.17) is 0 Å². The predicted octanol–water partition coefficient (Wildman–Crippen LogP) is 3.47. The van der Waals surface area contributed by atoms with Crippen molar-refractivity contribution in [1.82, 2.24) is 19.5 Å². The van der Waals surface area contributed by atoms with E-state index < -0.39 is 0 Å². The molecule has 0 bridgehead atoms. The average Bonchev–Trinajstić information content (AvgIpc) is 3.10. The summed E-state index contributed by atoms with van der Waals surface area (Å²) >= 11 is 0. The molecule has 0 fully saturated rings. The van der Waals surface area contributed by atoms with Gasteiger partial charge in [-0.05, 0) is 30.5 Å². The van der Waals surface area contributed by atoms with Crippen molar-refractivity contribution in [3.05, 3.63) is 83.7 Å². The molecule has 1 aromatic carbocycles. The van der Waals surface area contributed by atoms with Crippen LogP contribution in [-0.4, -0.2) is 31.2 Å². The molecular weight excluding hydrogens is 378 g/mol. The molecule has 7 nitrogen and oxygen atoms in total. The van der Waals surface area contributed by atoms with Gasteiger partial charge in [0.2, 0.25) is 5.91 Å². The van der Waals surface area contributed by atoms with Gasteiger partial charge in [-0.1, -0.05) is 24.3 Å². The third-order valence-electron chi connectivity index (χ3n) is 5.05. The van der Waals surface area contributed by atoms with Gasteiger partial charge in [0.1, 0.15) is 12.0 Å². The Balaban J connectivity index is 1.49. The van der Waals surface area contributed by atoms with E-state index in [0.717, 1.165) is 5.56 Å². The zero-order valence-corrected chi connectivity index (χ0v) is 16.8. The molecule has 0 saturated heterocycles. The molecule has 0 unspecified atom stereocenters. The minimum atomic E-state index is -0.195. The zero-order chi connectivity index (χ0) is 21.1. The Labute approximate surface area is 173 Å². The van der Waals surface area contributed by atoms with Gasteiger partial charge in [-0.25, -0.2) is 9.97 Å². The highest BCUT2D eigenvalue weighted by molar-refractivity contribution is 6.16. The minimum absolute atomic E-state index is 0.122. The Morgan fingerprint density at radius 1 is 1.10 bits per heavy atom. The van der Waals surface area contributed by atoms with Crippen LogP contribution in [0.15, 0.2) is 61.4 Å². The third kappa shape index (κ3) is 3.96. The van der Waals surface area contributed by atoms with E-state index >= 15 is 0 Å². The first-order valence-electron chi connectivity index (χ1n) is 9.62. The highest BCUT2D eigenvalue weighted by Crippen LogP contribution is 2.22. The van der Waals surface area contributed by atoms with Crippen molar-refractivity contribution in [1.29, 1.82) is 0 Å². The maximum atomic E-state index is 13.0. The number of pyridine rings is 1. The molecule has 3 aromatic heterocycles. The first-order valence-corrected chi connectivity index (χ1v) is 9.62. The van der Waals surface area contributed by atoms with Crippen LogP contribution in [0.5, 0.6) is 0 Å². The summed E-state index contributed by atoms with van der Waals surface area (Å²) in [6, 6.07) is 9.65. The number of carbonyl (C=O) groups excluding carboxylic acids is 2. The van der Waals surface area contributed by atoms with E-state index in [-0.39, 0.29) is 11.7 Å². The molecule has 0 aliphatic rings. The second-order valence-electron chi connectivity index (χ2n) is 7.18. The van der Waals surface area contributed by atoms with Crippen molar-refractivity contribution in [2.75, 3.05) is 5.32 Å². The van der Waals surface area contributed by atoms with Gasteiger partial charge in [-0.2, -0.15) is 0 Å². The molecule has 1 amide bonds. The molecule has 7 heteroatoms. The fraction of sp³-hybridized carbons (Fsp3) is 0.174. The third-order valence-corrected chi connectivity index (χ3v) is 5.05. The maximum Gasteiger partial charge on any atom is 0.224 e. The molecule has 150 valence electrons. The van der Waals surface area contributed by atoms with Crippen LogP contribution in [0.2, 0.25) is 0 Å². The van der Waals surface area contributed by atoms with Crippen molar-refractivity contribution >= 4 is 28.4 Å². The molecule has 4 rings (SSSR count). The topological polar surface area (TPSA) is 89.8 Å². The van der Waals surface area contributed by atoms with Gasteiger partial charge in [-0.3, -0.25) is 14.6 Å². The Bertz CT molecular complexity index is 1250. The number of nitrogens with one attached hydrogen (secondary N) is 1. The largest absolute Gasteiger partial charge is 0.335 e. The van der Waals surface area contributed by atoms with Crippen LogP contribution in [0.3, 0.4) is 0 Å². The minimum Gasteiger partial charge on any atom is -0.335 e. The smallest absolute Gasteiger partial charge is 0.224 e. The van der Waals surface area contributed by atoms with Gasteiger partial charge in [-0.15, -0.1) is 0 Å². The molecular formula is C23H21N5O2. The van der Waals surface area contributed by atoms with Gasteiger partial charge < -0.3 is 9.88 Å². The normalized spacial score (nSPS) is 10.9. The highest BCUT2D eigenvalue weighted by atomic mass is 16.1. The Morgan fingerprint density at radius 3 is 2.77 bits per heavy atom. The molecule has 0 spiro atoms. The Morgan fingerprint density at radius 2 is 1.93 bits per heavy atom. The lowest BCUT2D eigenvalue weighted by atomic mass is 10.0. The second kappa shape index (κ2) is 8.24. The molecule has 3 heterocycles. The van der Waals surface area contributed by atoms with Crippen LogP contribution in [-0.2, 0) is 18.3 Å². The summed E-state index contributed by atoms with van der Waals surface area (Å²) in [4.78, 5) is 37.8. The number of nitrogens with zero attached hydrogens (tertiary/aromatic N) is 4. The second-order valence-corrected chi connectivity index (χ2v) is 7.18. The van der Waals surface area contributed by atoms with Crippen LogP contribution in [0.4, 0.5) is 5.69 Å². The summed E-state index contributed by atoms with van der Waals surface area (Å²) in [7, 11) is 1.83. The molecule has 4 aromatic rings. The molecule has 0 aliphatic carbocycles. The number of benzene rings is 1. The zero-order valence-electron chi connectivity index (χ0n) is 16.8. The highest BCUT2D eigenvalue weighted by Gasteiger charge is 2.17. The van der Waals surface area contributed by atoms with Crippen LogP contribution in [0.25, 0.3) is 11.0 Å². The lowest BCUT2D eigenvalue weighted by molar-refractivity contribution is -0.116. The van der Waals surface area contributed by atoms with Crippen molar-refractivity contribution < 1.29 is 9.59 Å². The van der Waals surface area contributed by atoms with Crippen molar-refractivity contribution in [2.45, 2.75) is 19.8 Å². The quantitative estimate of drug-likeness (QED) is 0.502. The lowest BCUT2D eigenvalue weighted by Gasteiger charge is -2.08. The Kier molecular flexibility index (Phi) is 5.34. The van der Waals surface area contributed by atoms with Crippen LogP contribution in [0.1, 0.15) is 33.5 Å². The van der Waals surface area contributed by atoms with Gasteiger partial charge in [0, 0.05) is 43.0 Å². The van der Waals surface area contributed by atoms with E-state index in [1.54, 1.807) is 23.0 Å². The van der Waals surface area contributed by atoms with Crippen molar-refractivity contribution in [2.24, 2.45) is 7.05 Å². The number of ketones is 1. The monoisotopic (exact) mass is 399 g/mol. The van der Waals surface area contributed by atoms with Gasteiger partial charge >= 0.3 is 0 Å². The summed E-state index contributed by atoms with van der Waals surface area (Å²) in [6.45, 7) is 2.03. The number of rotatable bonds is 6.